The fraction of sp³-hybridized carbons (Fsp3) is 0.556. The Kier molecular flexibility index (Phi) is 5.51. The molecule has 0 aliphatic carbocycles. The molecule has 140 valence electrons. The molecule has 3 rings (SSSR count). The largest absolute Gasteiger partial charge is 0.484 e. The SMILES string of the molecule is Cc1ccc(OCc2nnc3n2CCN(C(=O)CN(C)C)[C@H](C)C3)cn1. The van der Waals surface area contributed by atoms with Gasteiger partial charge in [0, 0.05) is 31.2 Å². The summed E-state index contributed by atoms with van der Waals surface area (Å²) in [6.45, 7) is 6.08. The number of amides is 1. The van der Waals surface area contributed by atoms with Crippen molar-refractivity contribution in [3.05, 3.63) is 35.7 Å². The van der Waals surface area contributed by atoms with Gasteiger partial charge in [-0.1, -0.05) is 0 Å². The molecule has 0 radical (unpaired) electrons. The zero-order valence-electron chi connectivity index (χ0n) is 15.8. The lowest BCUT2D eigenvalue weighted by Crippen LogP contribution is -2.44. The summed E-state index contributed by atoms with van der Waals surface area (Å²) in [6, 6.07) is 3.91. The Labute approximate surface area is 153 Å². The van der Waals surface area contributed by atoms with Crippen molar-refractivity contribution in [2.75, 3.05) is 27.2 Å². The van der Waals surface area contributed by atoms with Gasteiger partial charge < -0.3 is 19.1 Å². The summed E-state index contributed by atoms with van der Waals surface area (Å²) in [7, 11) is 3.81. The van der Waals surface area contributed by atoms with Crippen LogP contribution in [0.2, 0.25) is 0 Å². The summed E-state index contributed by atoms with van der Waals surface area (Å²) >= 11 is 0. The van der Waals surface area contributed by atoms with Crippen molar-refractivity contribution < 1.29 is 9.53 Å². The van der Waals surface area contributed by atoms with Gasteiger partial charge in [-0.05, 0) is 40.1 Å². The fourth-order valence-corrected chi connectivity index (χ4v) is 3.11. The third kappa shape index (κ3) is 4.19. The second-order valence-corrected chi connectivity index (χ2v) is 6.99. The lowest BCUT2D eigenvalue weighted by molar-refractivity contribution is -0.133. The normalized spacial score (nSPS) is 17.1. The van der Waals surface area contributed by atoms with Crippen LogP contribution in [0.5, 0.6) is 5.75 Å². The molecule has 2 aromatic heterocycles. The molecule has 0 unspecified atom stereocenters. The maximum Gasteiger partial charge on any atom is 0.237 e. The average Bonchev–Trinajstić information content (AvgIpc) is 2.87. The Hall–Kier alpha value is -2.48. The Morgan fingerprint density at radius 3 is 2.81 bits per heavy atom. The van der Waals surface area contributed by atoms with Crippen LogP contribution < -0.4 is 4.74 Å². The van der Waals surface area contributed by atoms with Crippen LogP contribution in [0.15, 0.2) is 18.3 Å². The molecule has 1 aliphatic heterocycles. The fourth-order valence-electron chi connectivity index (χ4n) is 3.11. The summed E-state index contributed by atoms with van der Waals surface area (Å²) < 4.78 is 7.86. The van der Waals surface area contributed by atoms with Crippen LogP contribution in [0.25, 0.3) is 0 Å². The van der Waals surface area contributed by atoms with E-state index in [4.69, 9.17) is 4.74 Å². The summed E-state index contributed by atoms with van der Waals surface area (Å²) in [5, 5.41) is 8.60. The van der Waals surface area contributed by atoms with Gasteiger partial charge in [0.15, 0.2) is 5.82 Å². The van der Waals surface area contributed by atoms with Gasteiger partial charge in [-0.2, -0.15) is 0 Å². The molecule has 0 saturated heterocycles. The molecule has 8 nitrogen and oxygen atoms in total. The first kappa shape index (κ1) is 18.3. The summed E-state index contributed by atoms with van der Waals surface area (Å²) in [5.41, 5.74) is 0.949. The smallest absolute Gasteiger partial charge is 0.237 e. The number of ether oxygens (including phenoxy) is 1. The molecule has 0 N–H and O–H groups in total. The van der Waals surface area contributed by atoms with Crippen molar-refractivity contribution in [1.82, 2.24) is 29.5 Å². The Morgan fingerprint density at radius 1 is 1.31 bits per heavy atom. The van der Waals surface area contributed by atoms with E-state index in [1.807, 2.05) is 43.0 Å². The lowest BCUT2D eigenvalue weighted by atomic mass is 10.2. The summed E-state index contributed by atoms with van der Waals surface area (Å²) in [6.07, 6.45) is 2.40. The molecule has 0 saturated carbocycles. The first-order chi connectivity index (χ1) is 12.4. The van der Waals surface area contributed by atoms with Gasteiger partial charge in [0.05, 0.1) is 12.7 Å². The number of likely N-dealkylation sites (N-methyl/N-ethyl adjacent to an activating group) is 1. The molecule has 1 atom stereocenters. The van der Waals surface area contributed by atoms with Gasteiger partial charge in [0.25, 0.3) is 0 Å². The van der Waals surface area contributed by atoms with E-state index in [1.165, 1.54) is 0 Å². The number of rotatable bonds is 5. The monoisotopic (exact) mass is 358 g/mol. The summed E-state index contributed by atoms with van der Waals surface area (Å²) in [5.74, 6) is 2.52. The number of aryl methyl sites for hydroxylation is 1. The van der Waals surface area contributed by atoms with E-state index in [1.54, 1.807) is 6.20 Å². The zero-order valence-corrected chi connectivity index (χ0v) is 15.8. The molecular formula is C18H26N6O2. The highest BCUT2D eigenvalue weighted by Gasteiger charge is 2.27. The van der Waals surface area contributed by atoms with Crippen LogP contribution in [0, 0.1) is 6.92 Å². The molecule has 0 aromatic carbocycles. The van der Waals surface area contributed by atoms with Crippen LogP contribution >= 0.6 is 0 Å². The standard InChI is InChI=1S/C18H26N6O2/c1-13-5-6-15(10-19-13)26-12-17-21-20-16-9-14(2)23(7-8-24(16)17)18(25)11-22(3)4/h5-6,10,14H,7-9,11-12H2,1-4H3/t14-/m1/s1. The molecule has 0 spiro atoms. The first-order valence-electron chi connectivity index (χ1n) is 8.84. The van der Waals surface area contributed by atoms with Crippen LogP contribution in [0.1, 0.15) is 24.3 Å². The molecule has 26 heavy (non-hydrogen) atoms. The number of fused-ring (bicyclic) bond motifs is 1. The predicted molar refractivity (Wildman–Crippen MR) is 96.8 cm³/mol. The zero-order chi connectivity index (χ0) is 18.7. The third-order valence-corrected chi connectivity index (χ3v) is 4.50. The highest BCUT2D eigenvalue weighted by Crippen LogP contribution is 2.17. The van der Waals surface area contributed by atoms with Gasteiger partial charge in [-0.15, -0.1) is 10.2 Å². The van der Waals surface area contributed by atoms with Gasteiger partial charge in [-0.3, -0.25) is 9.78 Å². The topological polar surface area (TPSA) is 76.4 Å². The van der Waals surface area contributed by atoms with Gasteiger partial charge >= 0.3 is 0 Å². The van der Waals surface area contributed by atoms with Crippen molar-refractivity contribution in [3.8, 4) is 5.75 Å². The number of carbonyl (C=O) groups excluding carboxylic acids is 1. The molecule has 2 aromatic rings. The van der Waals surface area contributed by atoms with Crippen LogP contribution in [0.3, 0.4) is 0 Å². The van der Waals surface area contributed by atoms with Crippen molar-refractivity contribution in [3.63, 3.8) is 0 Å². The van der Waals surface area contributed by atoms with Crippen molar-refractivity contribution >= 4 is 5.91 Å². The summed E-state index contributed by atoms with van der Waals surface area (Å²) in [4.78, 5) is 20.5. The van der Waals surface area contributed by atoms with E-state index in [0.717, 1.165) is 17.3 Å². The predicted octanol–water partition coefficient (Wildman–Crippen LogP) is 0.895. The van der Waals surface area contributed by atoms with E-state index >= 15 is 0 Å². The average molecular weight is 358 g/mol. The third-order valence-electron chi connectivity index (χ3n) is 4.50. The maximum atomic E-state index is 12.5. The first-order valence-corrected chi connectivity index (χ1v) is 8.84. The Balaban J connectivity index is 1.68. The van der Waals surface area contributed by atoms with Crippen LogP contribution in [0.4, 0.5) is 0 Å². The number of hydrogen-bond acceptors (Lipinski definition) is 6. The van der Waals surface area contributed by atoms with E-state index in [0.29, 0.717) is 38.4 Å². The highest BCUT2D eigenvalue weighted by molar-refractivity contribution is 5.78. The van der Waals surface area contributed by atoms with Crippen molar-refractivity contribution in [2.24, 2.45) is 0 Å². The van der Waals surface area contributed by atoms with Crippen molar-refractivity contribution in [2.45, 2.75) is 39.5 Å². The molecule has 1 amide bonds. The minimum atomic E-state index is 0.1000. The van der Waals surface area contributed by atoms with E-state index in [2.05, 4.69) is 26.7 Å². The minimum Gasteiger partial charge on any atom is -0.484 e. The molecule has 0 bridgehead atoms. The second-order valence-electron chi connectivity index (χ2n) is 6.99. The highest BCUT2D eigenvalue weighted by atomic mass is 16.5. The number of nitrogens with zero attached hydrogens (tertiary/aromatic N) is 6. The van der Waals surface area contributed by atoms with Gasteiger partial charge in [0.1, 0.15) is 18.2 Å². The number of aromatic nitrogens is 4. The second kappa shape index (κ2) is 7.82. The van der Waals surface area contributed by atoms with Crippen LogP contribution in [-0.4, -0.2) is 68.7 Å². The van der Waals surface area contributed by atoms with Crippen molar-refractivity contribution in [1.29, 1.82) is 0 Å². The maximum absolute atomic E-state index is 12.5. The van der Waals surface area contributed by atoms with Gasteiger partial charge in [0.2, 0.25) is 5.91 Å². The van der Waals surface area contributed by atoms with Gasteiger partial charge in [-0.25, -0.2) is 0 Å². The molecule has 3 heterocycles. The van der Waals surface area contributed by atoms with E-state index in [9.17, 15) is 4.79 Å². The number of hydrogen-bond donors (Lipinski definition) is 0. The quantitative estimate of drug-likeness (QED) is 0.790. The number of carbonyl (C=O) groups is 1. The molecular weight excluding hydrogens is 332 g/mol. The van der Waals surface area contributed by atoms with E-state index < -0.39 is 0 Å². The van der Waals surface area contributed by atoms with Crippen LogP contribution in [-0.2, 0) is 24.4 Å². The lowest BCUT2D eigenvalue weighted by Gasteiger charge is -2.28. The molecule has 0 fully saturated rings. The Bertz CT molecular complexity index is 756. The Morgan fingerprint density at radius 2 is 2.12 bits per heavy atom. The molecule has 8 heteroatoms. The minimum absolute atomic E-state index is 0.1000. The number of pyridine rings is 1. The van der Waals surface area contributed by atoms with E-state index in [-0.39, 0.29) is 11.9 Å². The molecule has 1 aliphatic rings.